The highest BCUT2D eigenvalue weighted by Gasteiger charge is 2.50. The van der Waals surface area contributed by atoms with Gasteiger partial charge in [0.05, 0.1) is 19.1 Å². The minimum absolute atomic E-state index is 0. The molecule has 0 bridgehead atoms. The van der Waals surface area contributed by atoms with Crippen molar-refractivity contribution in [3.8, 4) is 5.75 Å². The van der Waals surface area contributed by atoms with Crippen LogP contribution in [0.5, 0.6) is 5.75 Å². The average molecular weight is 256 g/mol. The van der Waals surface area contributed by atoms with E-state index < -0.39 is 0 Å². The Morgan fingerprint density at radius 3 is 2.65 bits per heavy atom. The van der Waals surface area contributed by atoms with Gasteiger partial charge in [-0.15, -0.1) is 12.4 Å². The average Bonchev–Trinajstić information content (AvgIpc) is 3.11. The van der Waals surface area contributed by atoms with Crippen LogP contribution in [-0.2, 0) is 10.2 Å². The van der Waals surface area contributed by atoms with Crippen LogP contribution in [-0.4, -0.2) is 19.6 Å². The third kappa shape index (κ3) is 2.55. The number of hydrogen-bond acceptors (Lipinski definition) is 3. The fourth-order valence-electron chi connectivity index (χ4n) is 1.98. The first-order chi connectivity index (χ1) is 7.73. The molecule has 1 fully saturated rings. The van der Waals surface area contributed by atoms with Crippen LogP contribution in [0.1, 0.15) is 25.3 Å². The van der Waals surface area contributed by atoms with E-state index in [0.29, 0.717) is 12.5 Å². The number of ether oxygens (including phenoxy) is 2. The molecular weight excluding hydrogens is 238 g/mol. The zero-order valence-corrected chi connectivity index (χ0v) is 11.0. The quantitative estimate of drug-likeness (QED) is 0.663. The van der Waals surface area contributed by atoms with Crippen LogP contribution in [0.4, 0.5) is 0 Å². The molecule has 2 rings (SSSR count). The molecule has 1 saturated carbocycles. The van der Waals surface area contributed by atoms with Gasteiger partial charge in [0.2, 0.25) is 0 Å². The van der Waals surface area contributed by atoms with Crippen LogP contribution in [0.2, 0.25) is 0 Å². The SMILES string of the molecule is CCOC(=N)C1(c2cccc(OC)c2)CC1.Cl. The minimum atomic E-state index is -0.176. The van der Waals surface area contributed by atoms with E-state index in [1.807, 2.05) is 31.2 Å². The van der Waals surface area contributed by atoms with Crippen LogP contribution >= 0.6 is 12.4 Å². The van der Waals surface area contributed by atoms with E-state index in [9.17, 15) is 0 Å². The molecule has 17 heavy (non-hydrogen) atoms. The monoisotopic (exact) mass is 255 g/mol. The van der Waals surface area contributed by atoms with Crippen molar-refractivity contribution in [1.29, 1.82) is 5.41 Å². The molecule has 1 aliphatic carbocycles. The Morgan fingerprint density at radius 1 is 1.41 bits per heavy atom. The van der Waals surface area contributed by atoms with Crippen molar-refractivity contribution < 1.29 is 9.47 Å². The van der Waals surface area contributed by atoms with Gasteiger partial charge in [0.15, 0.2) is 5.90 Å². The van der Waals surface area contributed by atoms with E-state index in [-0.39, 0.29) is 17.8 Å². The van der Waals surface area contributed by atoms with Crippen LogP contribution in [0.3, 0.4) is 0 Å². The van der Waals surface area contributed by atoms with Crippen molar-refractivity contribution in [2.24, 2.45) is 0 Å². The molecule has 94 valence electrons. The number of methoxy groups -OCH3 is 1. The van der Waals surface area contributed by atoms with E-state index in [4.69, 9.17) is 14.9 Å². The molecule has 1 aliphatic rings. The molecule has 1 N–H and O–H groups in total. The Bertz CT molecular complexity index is 402. The molecule has 0 aliphatic heterocycles. The second-order valence-electron chi connectivity index (χ2n) is 4.08. The first-order valence-corrected chi connectivity index (χ1v) is 5.59. The van der Waals surface area contributed by atoms with E-state index in [2.05, 4.69) is 0 Å². The van der Waals surface area contributed by atoms with E-state index in [1.54, 1.807) is 7.11 Å². The summed E-state index contributed by atoms with van der Waals surface area (Å²) in [5.41, 5.74) is 0.954. The summed E-state index contributed by atoms with van der Waals surface area (Å²) in [4.78, 5) is 0. The molecular formula is C13H18ClNO2. The Morgan fingerprint density at radius 2 is 2.12 bits per heavy atom. The van der Waals surface area contributed by atoms with Gasteiger partial charge in [-0.3, -0.25) is 5.41 Å². The number of nitrogens with one attached hydrogen (secondary N) is 1. The highest BCUT2D eigenvalue weighted by Crippen LogP contribution is 2.49. The van der Waals surface area contributed by atoms with Gasteiger partial charge < -0.3 is 9.47 Å². The summed E-state index contributed by atoms with van der Waals surface area (Å²) in [7, 11) is 1.66. The molecule has 0 radical (unpaired) electrons. The maximum Gasteiger partial charge on any atom is 0.191 e. The number of halogens is 1. The van der Waals surface area contributed by atoms with Gasteiger partial charge in [0.25, 0.3) is 0 Å². The lowest BCUT2D eigenvalue weighted by Gasteiger charge is -2.17. The van der Waals surface area contributed by atoms with Crippen molar-refractivity contribution in [3.63, 3.8) is 0 Å². The molecule has 0 atom stereocenters. The summed E-state index contributed by atoms with van der Waals surface area (Å²) in [5.74, 6) is 1.23. The molecule has 0 amide bonds. The third-order valence-electron chi connectivity index (χ3n) is 3.10. The Hall–Kier alpha value is -1.22. The van der Waals surface area contributed by atoms with Crippen LogP contribution in [0.15, 0.2) is 24.3 Å². The lowest BCUT2D eigenvalue weighted by molar-refractivity contribution is 0.305. The Kier molecular flexibility index (Phi) is 4.40. The van der Waals surface area contributed by atoms with Gasteiger partial charge in [-0.1, -0.05) is 12.1 Å². The number of hydrogen-bond donors (Lipinski definition) is 1. The summed E-state index contributed by atoms with van der Waals surface area (Å²) in [6.45, 7) is 2.47. The fraction of sp³-hybridized carbons (Fsp3) is 0.462. The third-order valence-corrected chi connectivity index (χ3v) is 3.10. The van der Waals surface area contributed by atoms with Gasteiger partial charge in [0, 0.05) is 0 Å². The highest BCUT2D eigenvalue weighted by atomic mass is 35.5. The summed E-state index contributed by atoms with van der Waals surface area (Å²) < 4.78 is 10.5. The molecule has 0 aromatic heterocycles. The molecule has 1 aromatic carbocycles. The second kappa shape index (κ2) is 5.41. The highest BCUT2D eigenvalue weighted by molar-refractivity contribution is 5.89. The van der Waals surface area contributed by atoms with Gasteiger partial charge in [0.1, 0.15) is 5.75 Å². The number of rotatable bonds is 4. The van der Waals surface area contributed by atoms with Crippen LogP contribution in [0.25, 0.3) is 0 Å². The summed E-state index contributed by atoms with van der Waals surface area (Å²) in [6.07, 6.45) is 2.00. The standard InChI is InChI=1S/C13H17NO2.ClH/c1-3-16-12(14)13(7-8-13)10-5-4-6-11(9-10)15-2;/h4-6,9,14H,3,7-8H2,1-2H3;1H. The smallest absolute Gasteiger partial charge is 0.191 e. The van der Waals surface area contributed by atoms with Crippen LogP contribution in [0, 0.1) is 5.41 Å². The lowest BCUT2D eigenvalue weighted by atomic mass is 9.95. The largest absolute Gasteiger partial charge is 0.497 e. The maximum atomic E-state index is 7.96. The zero-order chi connectivity index (χ0) is 11.6. The molecule has 3 nitrogen and oxygen atoms in total. The summed E-state index contributed by atoms with van der Waals surface area (Å²) >= 11 is 0. The fourth-order valence-corrected chi connectivity index (χ4v) is 1.98. The molecule has 1 aromatic rings. The van der Waals surface area contributed by atoms with E-state index in [1.165, 1.54) is 0 Å². The normalized spacial score (nSPS) is 15.6. The Labute approximate surface area is 108 Å². The van der Waals surface area contributed by atoms with Gasteiger partial charge in [-0.05, 0) is 37.5 Å². The van der Waals surface area contributed by atoms with Crippen molar-refractivity contribution >= 4 is 18.3 Å². The van der Waals surface area contributed by atoms with Crippen molar-refractivity contribution in [2.45, 2.75) is 25.2 Å². The van der Waals surface area contributed by atoms with Crippen LogP contribution < -0.4 is 4.74 Å². The van der Waals surface area contributed by atoms with E-state index in [0.717, 1.165) is 24.2 Å². The second-order valence-corrected chi connectivity index (χ2v) is 4.08. The molecule has 0 saturated heterocycles. The predicted molar refractivity (Wildman–Crippen MR) is 70.5 cm³/mol. The van der Waals surface area contributed by atoms with Gasteiger partial charge in [-0.2, -0.15) is 0 Å². The minimum Gasteiger partial charge on any atom is -0.497 e. The number of benzene rings is 1. The maximum absolute atomic E-state index is 7.96. The molecule has 0 heterocycles. The van der Waals surface area contributed by atoms with E-state index >= 15 is 0 Å². The van der Waals surface area contributed by atoms with Gasteiger partial charge >= 0.3 is 0 Å². The zero-order valence-electron chi connectivity index (χ0n) is 10.2. The van der Waals surface area contributed by atoms with Crippen molar-refractivity contribution in [1.82, 2.24) is 0 Å². The predicted octanol–water partition coefficient (Wildman–Crippen LogP) is 3.16. The van der Waals surface area contributed by atoms with Crippen molar-refractivity contribution in [2.75, 3.05) is 13.7 Å². The lowest BCUT2D eigenvalue weighted by Crippen LogP contribution is -2.22. The van der Waals surface area contributed by atoms with Gasteiger partial charge in [-0.25, -0.2) is 0 Å². The molecule has 0 spiro atoms. The topological polar surface area (TPSA) is 42.3 Å². The first-order valence-electron chi connectivity index (χ1n) is 5.59. The Balaban J connectivity index is 0.00000144. The summed E-state index contributed by atoms with van der Waals surface area (Å²) in [6, 6.07) is 7.93. The van der Waals surface area contributed by atoms with Crippen molar-refractivity contribution in [3.05, 3.63) is 29.8 Å². The molecule has 4 heteroatoms. The summed E-state index contributed by atoms with van der Waals surface area (Å²) in [5, 5.41) is 7.96. The first kappa shape index (κ1) is 13.8. The molecule has 0 unspecified atom stereocenters.